The average molecular weight is 223 g/mol. The van der Waals surface area contributed by atoms with E-state index in [9.17, 15) is 4.79 Å². The van der Waals surface area contributed by atoms with Crippen LogP contribution in [-0.4, -0.2) is 33.9 Å². The second-order valence-electron chi connectivity index (χ2n) is 4.15. The summed E-state index contributed by atoms with van der Waals surface area (Å²) in [6, 6.07) is 0.218. The van der Waals surface area contributed by atoms with Crippen LogP contribution in [0.4, 0.5) is 0 Å². The van der Waals surface area contributed by atoms with Gasteiger partial charge in [0.05, 0.1) is 6.04 Å². The van der Waals surface area contributed by atoms with Crippen LogP contribution in [0.5, 0.6) is 0 Å². The van der Waals surface area contributed by atoms with Crippen molar-refractivity contribution >= 4 is 5.78 Å². The summed E-state index contributed by atoms with van der Waals surface area (Å²) in [5.41, 5.74) is 0. The third-order valence-corrected chi connectivity index (χ3v) is 3.06. The molecule has 0 amide bonds. The van der Waals surface area contributed by atoms with Crippen molar-refractivity contribution in [2.75, 3.05) is 13.1 Å². The Labute approximate surface area is 94.8 Å². The van der Waals surface area contributed by atoms with Crippen molar-refractivity contribution < 1.29 is 9.32 Å². The minimum atomic E-state index is -0.169. The predicted octanol–water partition coefficient (Wildman–Crippen LogP) is 1.82. The molecule has 1 aromatic rings. The fourth-order valence-electron chi connectivity index (χ4n) is 2.18. The van der Waals surface area contributed by atoms with E-state index in [-0.39, 0.29) is 17.7 Å². The van der Waals surface area contributed by atoms with E-state index in [1.165, 1.54) is 19.8 Å². The molecule has 2 rings (SSSR count). The number of carbonyl (C=O) groups is 1. The maximum atomic E-state index is 11.1. The molecular weight excluding hydrogens is 206 g/mol. The van der Waals surface area contributed by atoms with E-state index in [1.807, 2.05) is 0 Å². The second-order valence-corrected chi connectivity index (χ2v) is 4.15. The Hall–Kier alpha value is -1.23. The van der Waals surface area contributed by atoms with Gasteiger partial charge in [-0.25, -0.2) is 0 Å². The van der Waals surface area contributed by atoms with Gasteiger partial charge in [0.2, 0.25) is 5.78 Å². The molecule has 2 heterocycles. The SMILES string of the molecule is CCN1CCCCC1c1noc(C(C)=O)n1. The summed E-state index contributed by atoms with van der Waals surface area (Å²) in [7, 11) is 0. The number of hydrogen-bond acceptors (Lipinski definition) is 5. The van der Waals surface area contributed by atoms with Crippen LogP contribution in [0, 0.1) is 0 Å². The van der Waals surface area contributed by atoms with Gasteiger partial charge in [0.25, 0.3) is 5.89 Å². The molecular formula is C11H17N3O2. The zero-order chi connectivity index (χ0) is 11.5. The molecule has 1 saturated heterocycles. The van der Waals surface area contributed by atoms with Gasteiger partial charge in [-0.1, -0.05) is 18.5 Å². The van der Waals surface area contributed by atoms with Crippen molar-refractivity contribution in [1.82, 2.24) is 15.0 Å². The molecule has 0 radical (unpaired) electrons. The van der Waals surface area contributed by atoms with Crippen LogP contribution < -0.4 is 0 Å². The third-order valence-electron chi connectivity index (χ3n) is 3.06. The van der Waals surface area contributed by atoms with Crippen molar-refractivity contribution in [1.29, 1.82) is 0 Å². The molecule has 1 unspecified atom stereocenters. The summed E-state index contributed by atoms with van der Waals surface area (Å²) in [6.45, 7) is 5.62. The first kappa shape index (κ1) is 11.3. The van der Waals surface area contributed by atoms with E-state index in [4.69, 9.17) is 4.52 Å². The van der Waals surface area contributed by atoms with Crippen LogP contribution in [-0.2, 0) is 0 Å². The highest BCUT2D eigenvalue weighted by Crippen LogP contribution is 2.28. The normalized spacial score (nSPS) is 22.2. The van der Waals surface area contributed by atoms with Crippen LogP contribution in [0.3, 0.4) is 0 Å². The van der Waals surface area contributed by atoms with Gasteiger partial charge >= 0.3 is 0 Å². The molecule has 1 aliphatic rings. The number of aromatic nitrogens is 2. The lowest BCUT2D eigenvalue weighted by atomic mass is 10.0. The zero-order valence-electron chi connectivity index (χ0n) is 9.77. The highest BCUT2D eigenvalue weighted by molar-refractivity contribution is 5.89. The Morgan fingerprint density at radius 1 is 1.56 bits per heavy atom. The molecule has 5 nitrogen and oxygen atoms in total. The largest absolute Gasteiger partial charge is 0.331 e. The molecule has 0 N–H and O–H groups in total. The summed E-state index contributed by atoms with van der Waals surface area (Å²) in [5, 5.41) is 3.91. The highest BCUT2D eigenvalue weighted by Gasteiger charge is 2.27. The molecule has 1 fully saturated rings. The number of hydrogen-bond donors (Lipinski definition) is 0. The van der Waals surface area contributed by atoms with Crippen LogP contribution in [0.2, 0.25) is 0 Å². The van der Waals surface area contributed by atoms with Gasteiger partial charge < -0.3 is 4.52 Å². The molecule has 0 saturated carbocycles. The number of piperidine rings is 1. The molecule has 5 heteroatoms. The van der Waals surface area contributed by atoms with E-state index >= 15 is 0 Å². The van der Waals surface area contributed by atoms with E-state index in [1.54, 1.807) is 0 Å². The summed E-state index contributed by atoms with van der Waals surface area (Å²) in [6.07, 6.45) is 3.46. The Morgan fingerprint density at radius 3 is 3.00 bits per heavy atom. The smallest absolute Gasteiger partial charge is 0.293 e. The van der Waals surface area contributed by atoms with E-state index in [2.05, 4.69) is 22.0 Å². The first-order valence-electron chi connectivity index (χ1n) is 5.81. The fourth-order valence-corrected chi connectivity index (χ4v) is 2.18. The predicted molar refractivity (Wildman–Crippen MR) is 58.1 cm³/mol. The summed E-state index contributed by atoms with van der Waals surface area (Å²) >= 11 is 0. The number of ketones is 1. The molecule has 0 aromatic carbocycles. The summed E-state index contributed by atoms with van der Waals surface area (Å²) in [4.78, 5) is 17.6. The van der Waals surface area contributed by atoms with Crippen molar-refractivity contribution in [2.45, 2.75) is 39.2 Å². The van der Waals surface area contributed by atoms with Crippen LogP contribution in [0.25, 0.3) is 0 Å². The topological polar surface area (TPSA) is 59.2 Å². The summed E-state index contributed by atoms with van der Waals surface area (Å²) < 4.78 is 4.93. The molecule has 0 aliphatic carbocycles. The lowest BCUT2D eigenvalue weighted by Gasteiger charge is -2.32. The maximum absolute atomic E-state index is 11.1. The van der Waals surface area contributed by atoms with E-state index in [0.29, 0.717) is 5.82 Å². The Morgan fingerprint density at radius 2 is 2.38 bits per heavy atom. The van der Waals surface area contributed by atoms with Crippen molar-refractivity contribution in [3.8, 4) is 0 Å². The average Bonchev–Trinajstić information content (AvgIpc) is 2.78. The molecule has 0 bridgehead atoms. The van der Waals surface area contributed by atoms with Gasteiger partial charge in [0.15, 0.2) is 5.82 Å². The molecule has 0 spiro atoms. The van der Waals surface area contributed by atoms with Crippen molar-refractivity contribution in [2.24, 2.45) is 0 Å². The summed E-state index contributed by atoms with van der Waals surface area (Å²) in [5.74, 6) is 0.612. The first-order chi connectivity index (χ1) is 7.72. The maximum Gasteiger partial charge on any atom is 0.293 e. The first-order valence-corrected chi connectivity index (χ1v) is 5.81. The number of Topliss-reactive ketones (excluding diaryl/α,β-unsaturated/α-hetero) is 1. The van der Waals surface area contributed by atoms with Gasteiger partial charge in [-0.2, -0.15) is 4.98 Å². The second kappa shape index (κ2) is 4.74. The minimum absolute atomic E-state index is 0.122. The molecule has 88 valence electrons. The lowest BCUT2D eigenvalue weighted by molar-refractivity contribution is 0.0971. The van der Waals surface area contributed by atoms with Crippen molar-refractivity contribution in [3.63, 3.8) is 0 Å². The molecule has 1 aliphatic heterocycles. The van der Waals surface area contributed by atoms with Crippen LogP contribution in [0.15, 0.2) is 4.52 Å². The highest BCUT2D eigenvalue weighted by atomic mass is 16.5. The van der Waals surface area contributed by atoms with E-state index in [0.717, 1.165) is 19.5 Å². The lowest BCUT2D eigenvalue weighted by Crippen LogP contribution is -2.33. The number of carbonyl (C=O) groups excluding carboxylic acids is 1. The molecule has 1 atom stereocenters. The van der Waals surface area contributed by atoms with Gasteiger partial charge in [-0.3, -0.25) is 9.69 Å². The van der Waals surface area contributed by atoms with Gasteiger partial charge in [0.1, 0.15) is 0 Å². The Bertz CT molecular complexity index is 375. The monoisotopic (exact) mass is 223 g/mol. The molecule has 1 aromatic heterocycles. The zero-order valence-corrected chi connectivity index (χ0v) is 9.77. The van der Waals surface area contributed by atoms with Gasteiger partial charge in [0, 0.05) is 6.92 Å². The molecule has 16 heavy (non-hydrogen) atoms. The minimum Gasteiger partial charge on any atom is -0.331 e. The van der Waals surface area contributed by atoms with Crippen molar-refractivity contribution in [3.05, 3.63) is 11.7 Å². The third kappa shape index (κ3) is 2.14. The van der Waals surface area contributed by atoms with Crippen LogP contribution >= 0.6 is 0 Å². The van der Waals surface area contributed by atoms with E-state index < -0.39 is 0 Å². The fraction of sp³-hybridized carbons (Fsp3) is 0.727. The standard InChI is InChI=1S/C11H17N3O2/c1-3-14-7-5-4-6-9(14)10-12-11(8(2)15)16-13-10/h9H,3-7H2,1-2H3. The van der Waals surface area contributed by atoms with Crippen LogP contribution in [0.1, 0.15) is 55.7 Å². The van der Waals surface area contributed by atoms with Gasteiger partial charge in [-0.05, 0) is 25.9 Å². The number of nitrogens with zero attached hydrogens (tertiary/aromatic N) is 3. The number of likely N-dealkylation sites (tertiary alicyclic amines) is 1. The quantitative estimate of drug-likeness (QED) is 0.731. The van der Waals surface area contributed by atoms with Gasteiger partial charge in [-0.15, -0.1) is 0 Å². The Kier molecular flexibility index (Phi) is 3.33. The Balaban J connectivity index is 2.17. The number of rotatable bonds is 3.